The van der Waals surface area contributed by atoms with E-state index in [-0.39, 0.29) is 0 Å². The summed E-state index contributed by atoms with van der Waals surface area (Å²) in [6, 6.07) is 74.8. The fourth-order valence-electron chi connectivity index (χ4n) is 10.3. The van der Waals surface area contributed by atoms with Crippen molar-refractivity contribution in [2.75, 3.05) is 4.90 Å². The average molecular weight is 810 g/mol. The number of allylic oxidation sites excluding steroid dienone is 2. The third-order valence-electron chi connectivity index (χ3n) is 13.4. The molecule has 0 amide bonds. The van der Waals surface area contributed by atoms with E-state index in [1.807, 2.05) is 0 Å². The number of benzene rings is 10. The lowest BCUT2D eigenvalue weighted by molar-refractivity contribution is 0.944. The molecule has 0 radical (unpaired) electrons. The molecule has 0 bridgehead atoms. The summed E-state index contributed by atoms with van der Waals surface area (Å²) in [5.41, 5.74) is 17.1. The minimum absolute atomic E-state index is 1.02. The first-order valence-electron chi connectivity index (χ1n) is 22.9. The van der Waals surface area contributed by atoms with Crippen LogP contribution in [-0.4, -0.2) is 0 Å². The zero-order chi connectivity index (χ0) is 42.3. The van der Waals surface area contributed by atoms with Crippen LogP contribution in [0.2, 0.25) is 0 Å². The van der Waals surface area contributed by atoms with Gasteiger partial charge in [-0.2, -0.15) is 0 Å². The number of hydrogen-bond donors (Lipinski definition) is 0. The van der Waals surface area contributed by atoms with Crippen molar-refractivity contribution in [1.29, 1.82) is 0 Å². The van der Waals surface area contributed by atoms with E-state index in [1.54, 1.807) is 0 Å². The van der Waals surface area contributed by atoms with Gasteiger partial charge in [0.1, 0.15) is 0 Å². The van der Waals surface area contributed by atoms with Crippen molar-refractivity contribution in [3.05, 3.63) is 222 Å². The average Bonchev–Trinajstić information content (AvgIpc) is 3.78. The quantitative estimate of drug-likeness (QED) is 0.118. The van der Waals surface area contributed by atoms with Gasteiger partial charge in [-0.05, 0) is 179 Å². The van der Waals surface area contributed by atoms with Crippen LogP contribution in [0, 0.1) is 0 Å². The Bertz CT molecular complexity index is 3230. The van der Waals surface area contributed by atoms with Gasteiger partial charge in [0.2, 0.25) is 0 Å². The molecule has 0 saturated heterocycles. The molecular weight excluding hydrogens is 759 g/mol. The Labute approximate surface area is 371 Å². The molecule has 10 aromatic carbocycles. The zero-order valence-electron chi connectivity index (χ0n) is 36.2. The van der Waals surface area contributed by atoms with Crippen LogP contribution in [0.3, 0.4) is 0 Å². The van der Waals surface area contributed by atoms with Crippen LogP contribution < -0.4 is 4.90 Å². The summed E-state index contributed by atoms with van der Waals surface area (Å²) in [5, 5.41) is 10.4. The summed E-state index contributed by atoms with van der Waals surface area (Å²) >= 11 is 0. The molecule has 0 aromatic heterocycles. The van der Waals surface area contributed by atoms with E-state index in [0.29, 0.717) is 0 Å². The third-order valence-corrected chi connectivity index (χ3v) is 13.4. The van der Waals surface area contributed by atoms with Gasteiger partial charge in [0, 0.05) is 17.1 Å². The van der Waals surface area contributed by atoms with Crippen LogP contribution in [0.1, 0.15) is 61.8 Å². The molecule has 0 fully saturated rings. The molecule has 1 nitrogen and oxygen atoms in total. The third kappa shape index (κ3) is 7.28. The van der Waals surface area contributed by atoms with Crippen molar-refractivity contribution >= 4 is 71.3 Å². The van der Waals surface area contributed by atoms with Gasteiger partial charge in [-0.1, -0.05) is 172 Å². The van der Waals surface area contributed by atoms with Crippen molar-refractivity contribution in [3.63, 3.8) is 0 Å². The van der Waals surface area contributed by atoms with Gasteiger partial charge < -0.3 is 4.90 Å². The maximum absolute atomic E-state index is 2.55. The van der Waals surface area contributed by atoms with E-state index in [0.717, 1.165) is 49.9 Å². The summed E-state index contributed by atoms with van der Waals surface area (Å²) in [4.78, 5) is 2.49. The van der Waals surface area contributed by atoms with Gasteiger partial charge in [0.15, 0.2) is 0 Å². The van der Waals surface area contributed by atoms with Crippen molar-refractivity contribution in [3.8, 4) is 22.3 Å². The van der Waals surface area contributed by atoms with Crippen molar-refractivity contribution in [2.24, 2.45) is 0 Å². The predicted octanol–water partition coefficient (Wildman–Crippen LogP) is 17.7. The first-order chi connectivity index (χ1) is 31.1. The Morgan fingerprint density at radius 1 is 0.381 bits per heavy atom. The largest absolute Gasteiger partial charge is 0.310 e. The summed E-state index contributed by atoms with van der Waals surface area (Å²) in [6.07, 6.45) is 6.43. The first-order valence-corrected chi connectivity index (χ1v) is 22.9. The highest BCUT2D eigenvalue weighted by molar-refractivity contribution is 6.02. The number of fused-ring (bicyclic) bond motifs is 3. The maximum atomic E-state index is 2.55. The molecule has 1 heteroatoms. The molecule has 0 aliphatic heterocycles. The first kappa shape index (κ1) is 38.7. The molecule has 10 aromatic rings. The molecular formula is C62H51N. The van der Waals surface area contributed by atoms with Gasteiger partial charge in [-0.3, -0.25) is 0 Å². The smallest absolute Gasteiger partial charge is 0.0500 e. The highest BCUT2D eigenvalue weighted by atomic mass is 15.1. The number of rotatable bonds is 11. The molecule has 0 spiro atoms. The van der Waals surface area contributed by atoms with E-state index in [1.165, 1.54) is 104 Å². The van der Waals surface area contributed by atoms with Gasteiger partial charge >= 0.3 is 0 Å². The van der Waals surface area contributed by atoms with E-state index < -0.39 is 0 Å². The predicted molar refractivity (Wildman–Crippen MR) is 273 cm³/mol. The van der Waals surface area contributed by atoms with Crippen LogP contribution in [0.4, 0.5) is 17.1 Å². The lowest BCUT2D eigenvalue weighted by Crippen LogP contribution is -2.12. The Morgan fingerprint density at radius 2 is 0.825 bits per heavy atom. The van der Waals surface area contributed by atoms with Crippen molar-refractivity contribution < 1.29 is 0 Å². The van der Waals surface area contributed by atoms with Gasteiger partial charge in [0.25, 0.3) is 0 Å². The monoisotopic (exact) mass is 809 g/mol. The minimum Gasteiger partial charge on any atom is -0.310 e. The van der Waals surface area contributed by atoms with Crippen LogP contribution in [0.25, 0.3) is 76.5 Å². The summed E-state index contributed by atoms with van der Waals surface area (Å²) < 4.78 is 0. The molecule has 0 heterocycles. The Hall–Kier alpha value is -7.22. The Balaban J connectivity index is 1.02. The van der Waals surface area contributed by atoms with Crippen molar-refractivity contribution in [1.82, 2.24) is 0 Å². The molecule has 0 saturated carbocycles. The van der Waals surface area contributed by atoms with Crippen LogP contribution in [-0.2, 0) is 12.8 Å². The molecule has 0 atom stereocenters. The van der Waals surface area contributed by atoms with E-state index in [2.05, 4.69) is 219 Å². The fraction of sp³-hybridized carbons (Fsp3) is 0.129. The van der Waals surface area contributed by atoms with Crippen LogP contribution >= 0.6 is 0 Å². The van der Waals surface area contributed by atoms with Gasteiger partial charge in [-0.15, -0.1) is 0 Å². The summed E-state index contributed by atoms with van der Waals surface area (Å²) in [7, 11) is 0. The summed E-state index contributed by atoms with van der Waals surface area (Å²) in [5.74, 6) is 0. The van der Waals surface area contributed by atoms with E-state index in [4.69, 9.17) is 0 Å². The second-order valence-corrected chi connectivity index (χ2v) is 17.4. The highest BCUT2D eigenvalue weighted by Crippen LogP contribution is 2.46. The van der Waals surface area contributed by atoms with Crippen LogP contribution in [0.15, 0.2) is 200 Å². The lowest BCUT2D eigenvalue weighted by atomic mass is 9.86. The summed E-state index contributed by atoms with van der Waals surface area (Å²) in [6.45, 7) is 4.64. The standard InChI is InChI=1S/C62H51N/c1-3-11-58(52-24-21-44-15-7-10-18-49(44)39-52)59(12-4-2)55-40-53-29-35-60-61(36-30-54(41-55)62(53)60)63(56-31-25-45(26-32-56)50-22-19-42-13-5-8-16-47(42)37-50)57-33-27-46(28-34-57)51-23-20-43-14-6-9-17-48(43)38-51/h5-10,13-28,30-34,36-41H,3-4,11-12,29,35H2,1-2H3/b59-58+. The molecule has 1 aliphatic carbocycles. The van der Waals surface area contributed by atoms with E-state index in [9.17, 15) is 0 Å². The number of hydrogen-bond acceptors (Lipinski definition) is 1. The number of aryl methyl sites for hydroxylation is 2. The normalized spacial score (nSPS) is 12.7. The van der Waals surface area contributed by atoms with Crippen molar-refractivity contribution in [2.45, 2.75) is 52.4 Å². The van der Waals surface area contributed by atoms with Crippen LogP contribution in [0.5, 0.6) is 0 Å². The van der Waals surface area contributed by atoms with Gasteiger partial charge in [-0.25, -0.2) is 0 Å². The topological polar surface area (TPSA) is 3.24 Å². The molecule has 1 aliphatic rings. The number of nitrogens with zero attached hydrogens (tertiary/aromatic N) is 1. The Kier molecular flexibility index (Phi) is 10.2. The molecule has 0 N–H and O–H groups in total. The Morgan fingerprint density at radius 3 is 1.37 bits per heavy atom. The minimum atomic E-state index is 1.02. The van der Waals surface area contributed by atoms with E-state index >= 15 is 0 Å². The molecule has 63 heavy (non-hydrogen) atoms. The second kappa shape index (κ2) is 16.6. The molecule has 304 valence electrons. The lowest BCUT2D eigenvalue weighted by Gasteiger charge is -2.28. The highest BCUT2D eigenvalue weighted by Gasteiger charge is 2.25. The SMILES string of the molecule is CCC/C(=C(/CCC)c1cc2c3c(c(N(c4ccc(-c5ccc6ccccc6c5)cc4)c4ccc(-c5ccc6ccccc6c5)cc4)ccc3c1)CC2)c1ccc2ccccc2c1. The second-order valence-electron chi connectivity index (χ2n) is 17.4. The molecule has 0 unspecified atom stereocenters. The zero-order valence-corrected chi connectivity index (χ0v) is 36.2. The van der Waals surface area contributed by atoms with Gasteiger partial charge in [0.05, 0.1) is 0 Å². The maximum Gasteiger partial charge on any atom is 0.0500 e. The molecule has 11 rings (SSSR count). The fourth-order valence-corrected chi connectivity index (χ4v) is 10.3. The number of anilines is 3.